The number of nitrogen functional groups attached to an aromatic ring is 1. The molecule has 0 saturated heterocycles. The molecule has 4 aromatic rings. The zero-order valence-corrected chi connectivity index (χ0v) is 19.4. The molecule has 7 nitrogen and oxygen atoms in total. The Kier molecular flexibility index (Phi) is 6.10. The highest BCUT2D eigenvalue weighted by atomic mass is 16.5. The number of likely N-dealkylation sites (N-methyl/N-ethyl adjacent to an activating group) is 1. The molecule has 0 saturated carbocycles. The zero-order valence-electron chi connectivity index (χ0n) is 19.4. The number of hydrogen-bond donors (Lipinski definition) is 1. The third kappa shape index (κ3) is 4.84. The normalized spacial score (nSPS) is 13.4. The molecule has 172 valence electrons. The second-order valence-corrected chi connectivity index (χ2v) is 8.60. The molecular formula is C27H27N5O2. The maximum atomic E-state index is 6.08. The van der Waals surface area contributed by atoms with Crippen LogP contribution in [0, 0.1) is 6.92 Å². The van der Waals surface area contributed by atoms with Crippen LogP contribution in [0.1, 0.15) is 22.3 Å². The molecule has 5 rings (SSSR count). The van der Waals surface area contributed by atoms with E-state index in [1.165, 1.54) is 16.7 Å². The van der Waals surface area contributed by atoms with Crippen molar-refractivity contribution in [3.8, 4) is 28.6 Å². The van der Waals surface area contributed by atoms with Crippen molar-refractivity contribution in [3.05, 3.63) is 89.4 Å². The summed E-state index contributed by atoms with van der Waals surface area (Å²) in [5.74, 6) is 1.94. The van der Waals surface area contributed by atoms with Gasteiger partial charge >= 0.3 is 0 Å². The van der Waals surface area contributed by atoms with Gasteiger partial charge in [-0.05, 0) is 67.4 Å². The molecule has 0 fully saturated rings. The molecule has 34 heavy (non-hydrogen) atoms. The summed E-state index contributed by atoms with van der Waals surface area (Å²) in [6, 6.07) is 15.8. The predicted octanol–water partition coefficient (Wildman–Crippen LogP) is 4.79. The fourth-order valence-corrected chi connectivity index (χ4v) is 4.21. The Balaban J connectivity index is 1.34. The number of hydrogen-bond acceptors (Lipinski definition) is 7. The average molecular weight is 454 g/mol. The van der Waals surface area contributed by atoms with Crippen molar-refractivity contribution in [2.75, 3.05) is 19.3 Å². The maximum absolute atomic E-state index is 6.08. The van der Waals surface area contributed by atoms with E-state index in [9.17, 15) is 0 Å². The van der Waals surface area contributed by atoms with E-state index >= 15 is 0 Å². The number of aryl methyl sites for hydroxylation is 1. The number of para-hydroxylation sites is 1. The zero-order chi connectivity index (χ0) is 23.5. The fraction of sp³-hybridized carbons (Fsp3) is 0.222. The van der Waals surface area contributed by atoms with Gasteiger partial charge in [-0.1, -0.05) is 18.2 Å². The monoisotopic (exact) mass is 453 g/mol. The van der Waals surface area contributed by atoms with Crippen LogP contribution < -0.4 is 15.2 Å². The second kappa shape index (κ2) is 9.49. The molecule has 0 radical (unpaired) electrons. The summed E-state index contributed by atoms with van der Waals surface area (Å²) in [7, 11) is 2.15. The molecule has 0 aliphatic carbocycles. The second-order valence-electron chi connectivity index (χ2n) is 8.60. The van der Waals surface area contributed by atoms with E-state index in [0.29, 0.717) is 11.6 Å². The van der Waals surface area contributed by atoms with Crippen LogP contribution in [0.25, 0.3) is 11.3 Å². The molecule has 0 amide bonds. The average Bonchev–Trinajstić information content (AvgIpc) is 2.84. The SMILES string of the molecule is Cc1cc(-c2cnc(N)c(OCc3cncc(Oc4ccccc4)c3)n2)cc2c1CCN(C)C2. The minimum atomic E-state index is 0.245. The van der Waals surface area contributed by atoms with Crippen LogP contribution in [0.3, 0.4) is 0 Å². The number of fused-ring (bicyclic) bond motifs is 1. The van der Waals surface area contributed by atoms with E-state index in [0.717, 1.165) is 42.1 Å². The number of anilines is 1. The van der Waals surface area contributed by atoms with Gasteiger partial charge in [0, 0.05) is 30.4 Å². The first-order chi connectivity index (χ1) is 16.5. The maximum Gasteiger partial charge on any atom is 0.258 e. The number of rotatable bonds is 6. The molecule has 0 spiro atoms. The highest BCUT2D eigenvalue weighted by Crippen LogP contribution is 2.30. The Morgan fingerprint density at radius 2 is 1.88 bits per heavy atom. The van der Waals surface area contributed by atoms with Crippen LogP contribution >= 0.6 is 0 Å². The number of nitrogens with zero attached hydrogens (tertiary/aromatic N) is 4. The molecule has 0 bridgehead atoms. The van der Waals surface area contributed by atoms with Gasteiger partial charge in [0.25, 0.3) is 5.88 Å². The molecule has 0 atom stereocenters. The lowest BCUT2D eigenvalue weighted by atomic mass is 9.92. The number of pyridine rings is 1. The van der Waals surface area contributed by atoms with E-state index in [4.69, 9.17) is 15.2 Å². The standard InChI is InChI=1S/C27H27N5O2/c1-18-10-20(12-21-16-32(2)9-8-24(18)21)25-15-30-26(28)27(31-25)33-17-19-11-23(14-29-13-19)34-22-6-4-3-5-7-22/h3-7,10-15H,8-9,16-17H2,1-2H3,(H2,28,30). The molecule has 1 aliphatic heterocycles. The lowest BCUT2D eigenvalue weighted by Gasteiger charge is -2.27. The number of aromatic nitrogens is 3. The third-order valence-corrected chi connectivity index (χ3v) is 5.94. The molecule has 2 aromatic heterocycles. The Labute approximate surface area is 199 Å². The molecular weight excluding hydrogens is 426 g/mol. The van der Waals surface area contributed by atoms with Crippen molar-refractivity contribution >= 4 is 5.82 Å². The van der Waals surface area contributed by atoms with E-state index in [1.807, 2.05) is 36.4 Å². The highest BCUT2D eigenvalue weighted by molar-refractivity contribution is 5.64. The summed E-state index contributed by atoms with van der Waals surface area (Å²) in [6.45, 7) is 4.42. The fourth-order valence-electron chi connectivity index (χ4n) is 4.21. The third-order valence-electron chi connectivity index (χ3n) is 5.94. The van der Waals surface area contributed by atoms with Gasteiger partial charge in [-0.25, -0.2) is 9.97 Å². The topological polar surface area (TPSA) is 86.4 Å². The molecule has 3 heterocycles. The van der Waals surface area contributed by atoms with E-state index in [2.05, 4.69) is 46.0 Å². The smallest absolute Gasteiger partial charge is 0.258 e. The Bertz CT molecular complexity index is 1310. The first kappa shape index (κ1) is 21.9. The van der Waals surface area contributed by atoms with Gasteiger partial charge in [0.1, 0.15) is 18.1 Å². The first-order valence-corrected chi connectivity index (χ1v) is 11.3. The summed E-state index contributed by atoms with van der Waals surface area (Å²) in [4.78, 5) is 15.6. The van der Waals surface area contributed by atoms with Crippen molar-refractivity contribution in [3.63, 3.8) is 0 Å². The quantitative estimate of drug-likeness (QED) is 0.449. The van der Waals surface area contributed by atoms with Crippen LogP contribution in [0.2, 0.25) is 0 Å². The lowest BCUT2D eigenvalue weighted by Crippen LogP contribution is -2.27. The van der Waals surface area contributed by atoms with Gasteiger partial charge in [0.05, 0.1) is 18.1 Å². The van der Waals surface area contributed by atoms with Gasteiger partial charge in [-0.2, -0.15) is 0 Å². The Hall–Kier alpha value is -3.97. The summed E-state index contributed by atoms with van der Waals surface area (Å²) < 4.78 is 11.8. The van der Waals surface area contributed by atoms with Crippen LogP contribution in [-0.4, -0.2) is 33.4 Å². The largest absolute Gasteiger partial charge is 0.470 e. The van der Waals surface area contributed by atoms with Crippen LogP contribution in [-0.2, 0) is 19.6 Å². The summed E-state index contributed by atoms with van der Waals surface area (Å²) in [6.07, 6.45) is 6.17. The van der Waals surface area contributed by atoms with Crippen molar-refractivity contribution in [2.45, 2.75) is 26.5 Å². The molecule has 2 N–H and O–H groups in total. The Morgan fingerprint density at radius 1 is 1.03 bits per heavy atom. The van der Waals surface area contributed by atoms with Gasteiger partial charge < -0.3 is 20.1 Å². The Morgan fingerprint density at radius 3 is 2.74 bits per heavy atom. The van der Waals surface area contributed by atoms with Crippen molar-refractivity contribution in [1.82, 2.24) is 19.9 Å². The lowest BCUT2D eigenvalue weighted by molar-refractivity contribution is 0.294. The van der Waals surface area contributed by atoms with Crippen molar-refractivity contribution in [1.29, 1.82) is 0 Å². The van der Waals surface area contributed by atoms with Gasteiger partial charge in [-0.3, -0.25) is 4.98 Å². The van der Waals surface area contributed by atoms with E-state index in [-0.39, 0.29) is 12.4 Å². The first-order valence-electron chi connectivity index (χ1n) is 11.3. The molecule has 1 aliphatic rings. The molecule has 7 heteroatoms. The highest BCUT2D eigenvalue weighted by Gasteiger charge is 2.17. The van der Waals surface area contributed by atoms with Crippen LogP contribution in [0.4, 0.5) is 5.82 Å². The number of ether oxygens (including phenoxy) is 2. The molecule has 0 unspecified atom stereocenters. The predicted molar refractivity (Wildman–Crippen MR) is 132 cm³/mol. The van der Waals surface area contributed by atoms with Crippen LogP contribution in [0.5, 0.6) is 17.4 Å². The summed E-state index contributed by atoms with van der Waals surface area (Å²) in [5, 5.41) is 0. The van der Waals surface area contributed by atoms with Gasteiger partial charge in [-0.15, -0.1) is 0 Å². The minimum absolute atomic E-state index is 0.245. The van der Waals surface area contributed by atoms with Crippen molar-refractivity contribution < 1.29 is 9.47 Å². The van der Waals surface area contributed by atoms with E-state index in [1.54, 1.807) is 18.6 Å². The number of nitrogens with two attached hydrogens (primary N) is 1. The minimum Gasteiger partial charge on any atom is -0.470 e. The van der Waals surface area contributed by atoms with Gasteiger partial charge in [0.2, 0.25) is 0 Å². The van der Waals surface area contributed by atoms with Crippen LogP contribution in [0.15, 0.2) is 67.1 Å². The van der Waals surface area contributed by atoms with Crippen molar-refractivity contribution in [2.24, 2.45) is 0 Å². The number of benzene rings is 2. The summed E-state index contributed by atoms with van der Waals surface area (Å²) >= 11 is 0. The van der Waals surface area contributed by atoms with E-state index < -0.39 is 0 Å². The molecule has 2 aromatic carbocycles. The van der Waals surface area contributed by atoms with Gasteiger partial charge in [0.15, 0.2) is 5.82 Å². The summed E-state index contributed by atoms with van der Waals surface area (Å²) in [5.41, 5.74) is 12.7.